The molecule has 0 spiro atoms. The fourth-order valence-corrected chi connectivity index (χ4v) is 5.31. The third-order valence-corrected chi connectivity index (χ3v) is 7.56. The maximum atomic E-state index is 12.6. The summed E-state index contributed by atoms with van der Waals surface area (Å²) in [6.07, 6.45) is 0. The van der Waals surface area contributed by atoms with E-state index in [4.69, 9.17) is 4.74 Å². The SMILES string of the molecule is O=C(NCc1ccc(S(=O)(=O)N2CCOCC2)cc1)c1sccc1Br. The fraction of sp³-hybridized carbons (Fsp3) is 0.312. The van der Waals surface area contributed by atoms with Crippen LogP contribution in [0.1, 0.15) is 15.2 Å². The van der Waals surface area contributed by atoms with Crippen molar-refractivity contribution >= 4 is 43.2 Å². The molecule has 134 valence electrons. The van der Waals surface area contributed by atoms with Crippen LogP contribution in [0.4, 0.5) is 0 Å². The highest BCUT2D eigenvalue weighted by molar-refractivity contribution is 9.10. The molecule has 1 saturated heterocycles. The Bertz CT molecular complexity index is 843. The summed E-state index contributed by atoms with van der Waals surface area (Å²) in [6, 6.07) is 8.42. The minimum atomic E-state index is -3.49. The first-order valence-corrected chi connectivity index (χ1v) is 10.8. The predicted octanol–water partition coefficient (Wildman–Crippen LogP) is 2.46. The molecule has 25 heavy (non-hydrogen) atoms. The van der Waals surface area contributed by atoms with Crippen molar-refractivity contribution in [2.45, 2.75) is 11.4 Å². The van der Waals surface area contributed by atoms with E-state index in [1.54, 1.807) is 24.3 Å². The van der Waals surface area contributed by atoms with Gasteiger partial charge in [-0.1, -0.05) is 12.1 Å². The number of morpholine rings is 1. The molecule has 6 nitrogen and oxygen atoms in total. The van der Waals surface area contributed by atoms with Gasteiger partial charge in [0, 0.05) is 24.1 Å². The van der Waals surface area contributed by atoms with E-state index in [2.05, 4.69) is 21.2 Å². The summed E-state index contributed by atoms with van der Waals surface area (Å²) in [5.74, 6) is -0.160. The molecule has 0 atom stereocenters. The molecule has 2 aromatic rings. The summed E-state index contributed by atoms with van der Waals surface area (Å²) in [6.45, 7) is 1.91. The summed E-state index contributed by atoms with van der Waals surface area (Å²) >= 11 is 4.69. The number of hydrogen-bond acceptors (Lipinski definition) is 5. The van der Waals surface area contributed by atoms with E-state index in [-0.39, 0.29) is 10.8 Å². The van der Waals surface area contributed by atoms with Crippen molar-refractivity contribution in [3.8, 4) is 0 Å². The molecule has 2 heterocycles. The first-order chi connectivity index (χ1) is 12.0. The van der Waals surface area contributed by atoms with E-state index in [1.165, 1.54) is 15.6 Å². The largest absolute Gasteiger partial charge is 0.379 e. The molecule has 0 unspecified atom stereocenters. The van der Waals surface area contributed by atoms with Gasteiger partial charge in [-0.05, 0) is 45.1 Å². The van der Waals surface area contributed by atoms with Crippen LogP contribution < -0.4 is 5.32 Å². The van der Waals surface area contributed by atoms with Crippen LogP contribution in [0.25, 0.3) is 0 Å². The molecular weight excluding hydrogens is 428 g/mol. The van der Waals surface area contributed by atoms with Crippen molar-refractivity contribution in [1.29, 1.82) is 0 Å². The van der Waals surface area contributed by atoms with Gasteiger partial charge >= 0.3 is 0 Å². The number of halogens is 1. The number of nitrogens with zero attached hydrogens (tertiary/aromatic N) is 1. The molecule has 1 N–H and O–H groups in total. The molecule has 0 radical (unpaired) electrons. The maximum absolute atomic E-state index is 12.6. The van der Waals surface area contributed by atoms with E-state index >= 15 is 0 Å². The van der Waals surface area contributed by atoms with Gasteiger partial charge in [-0.15, -0.1) is 11.3 Å². The molecule has 1 fully saturated rings. The first-order valence-electron chi connectivity index (χ1n) is 7.66. The summed E-state index contributed by atoms with van der Waals surface area (Å²) in [7, 11) is -3.49. The lowest BCUT2D eigenvalue weighted by molar-refractivity contribution is 0.0730. The first kappa shape index (κ1) is 18.5. The highest BCUT2D eigenvalue weighted by atomic mass is 79.9. The summed E-state index contributed by atoms with van der Waals surface area (Å²) in [5.41, 5.74) is 0.835. The Hall–Kier alpha value is -1.26. The van der Waals surface area contributed by atoms with Gasteiger partial charge in [-0.25, -0.2) is 8.42 Å². The number of carbonyl (C=O) groups is 1. The monoisotopic (exact) mass is 444 g/mol. The van der Waals surface area contributed by atoms with Crippen molar-refractivity contribution < 1.29 is 17.9 Å². The van der Waals surface area contributed by atoms with Crippen molar-refractivity contribution in [3.05, 3.63) is 50.6 Å². The van der Waals surface area contributed by atoms with Crippen LogP contribution in [0.15, 0.2) is 45.1 Å². The summed E-state index contributed by atoms with van der Waals surface area (Å²) in [5, 5.41) is 4.67. The van der Waals surface area contributed by atoms with Gasteiger partial charge in [0.15, 0.2) is 0 Å². The molecule has 1 aromatic heterocycles. The fourth-order valence-electron chi connectivity index (χ4n) is 2.43. The second kappa shape index (κ2) is 7.96. The molecule has 3 rings (SSSR count). The Morgan fingerprint density at radius 2 is 1.88 bits per heavy atom. The molecule has 0 aliphatic carbocycles. The number of thiophene rings is 1. The lowest BCUT2D eigenvalue weighted by atomic mass is 10.2. The molecule has 1 aliphatic rings. The maximum Gasteiger partial charge on any atom is 0.262 e. The van der Waals surface area contributed by atoms with Crippen LogP contribution in [-0.2, 0) is 21.3 Å². The van der Waals surface area contributed by atoms with Crippen LogP contribution in [0.2, 0.25) is 0 Å². The Morgan fingerprint density at radius 1 is 1.20 bits per heavy atom. The third-order valence-electron chi connectivity index (χ3n) is 3.81. The van der Waals surface area contributed by atoms with Crippen molar-refractivity contribution in [2.75, 3.05) is 26.3 Å². The van der Waals surface area contributed by atoms with Crippen molar-refractivity contribution in [1.82, 2.24) is 9.62 Å². The molecule has 9 heteroatoms. The second-order valence-corrected chi connectivity index (χ2v) is 9.15. The van der Waals surface area contributed by atoms with Gasteiger partial charge in [0.1, 0.15) is 4.88 Å². The minimum Gasteiger partial charge on any atom is -0.379 e. The number of hydrogen-bond donors (Lipinski definition) is 1. The summed E-state index contributed by atoms with van der Waals surface area (Å²) in [4.78, 5) is 13.0. The molecular formula is C16H17BrN2O4S2. The average Bonchev–Trinajstić information content (AvgIpc) is 3.07. The van der Waals surface area contributed by atoms with Crippen molar-refractivity contribution in [2.24, 2.45) is 0 Å². The number of amides is 1. The predicted molar refractivity (Wildman–Crippen MR) is 99.2 cm³/mol. The van der Waals surface area contributed by atoms with Crippen LogP contribution in [-0.4, -0.2) is 44.9 Å². The Balaban J connectivity index is 1.64. The van der Waals surface area contributed by atoms with Crippen LogP contribution >= 0.6 is 27.3 Å². The molecule has 1 amide bonds. The third kappa shape index (κ3) is 4.29. The van der Waals surface area contributed by atoms with E-state index in [1.807, 2.05) is 11.4 Å². The van der Waals surface area contributed by atoms with Gasteiger partial charge < -0.3 is 10.1 Å². The van der Waals surface area contributed by atoms with E-state index in [9.17, 15) is 13.2 Å². The van der Waals surface area contributed by atoms with Gasteiger partial charge in [0.2, 0.25) is 10.0 Å². The normalized spacial score (nSPS) is 15.9. The van der Waals surface area contributed by atoms with Gasteiger partial charge in [-0.3, -0.25) is 4.79 Å². The quantitative estimate of drug-likeness (QED) is 0.768. The van der Waals surface area contributed by atoms with Gasteiger partial charge in [-0.2, -0.15) is 4.31 Å². The van der Waals surface area contributed by atoms with Crippen LogP contribution in [0.3, 0.4) is 0 Å². The highest BCUT2D eigenvalue weighted by Gasteiger charge is 2.26. The topological polar surface area (TPSA) is 75.7 Å². The van der Waals surface area contributed by atoms with E-state index in [0.717, 1.165) is 10.0 Å². The smallest absolute Gasteiger partial charge is 0.262 e. The lowest BCUT2D eigenvalue weighted by Crippen LogP contribution is -2.40. The number of nitrogens with one attached hydrogen (secondary N) is 1. The lowest BCUT2D eigenvalue weighted by Gasteiger charge is -2.26. The number of benzene rings is 1. The van der Waals surface area contributed by atoms with Gasteiger partial charge in [0.25, 0.3) is 5.91 Å². The zero-order valence-corrected chi connectivity index (χ0v) is 16.5. The average molecular weight is 445 g/mol. The second-order valence-electron chi connectivity index (χ2n) is 5.44. The Labute approximate surface area is 159 Å². The molecule has 0 saturated carbocycles. The zero-order chi connectivity index (χ0) is 17.9. The number of rotatable bonds is 5. The number of carbonyl (C=O) groups excluding carboxylic acids is 1. The Kier molecular flexibility index (Phi) is 5.90. The van der Waals surface area contributed by atoms with Crippen LogP contribution in [0.5, 0.6) is 0 Å². The summed E-state index contributed by atoms with van der Waals surface area (Å²) < 4.78 is 32.5. The van der Waals surface area contributed by atoms with E-state index in [0.29, 0.717) is 37.7 Å². The molecule has 1 aromatic carbocycles. The van der Waals surface area contributed by atoms with Crippen molar-refractivity contribution in [3.63, 3.8) is 0 Å². The highest BCUT2D eigenvalue weighted by Crippen LogP contribution is 2.22. The van der Waals surface area contributed by atoms with Crippen LogP contribution in [0, 0.1) is 0 Å². The number of ether oxygens (including phenoxy) is 1. The molecule has 0 bridgehead atoms. The Morgan fingerprint density at radius 3 is 2.48 bits per heavy atom. The zero-order valence-electron chi connectivity index (χ0n) is 13.3. The number of sulfonamides is 1. The standard InChI is InChI=1S/C16H17BrN2O4S2/c17-14-5-10-24-15(14)16(20)18-11-12-1-3-13(4-2-12)25(21,22)19-6-8-23-9-7-19/h1-5,10H,6-9,11H2,(H,18,20). The van der Waals surface area contributed by atoms with E-state index < -0.39 is 10.0 Å². The minimum absolute atomic E-state index is 0.160. The molecule has 1 aliphatic heterocycles. The van der Waals surface area contributed by atoms with Gasteiger partial charge in [0.05, 0.1) is 18.1 Å².